The van der Waals surface area contributed by atoms with E-state index in [1.165, 1.54) is 37.4 Å². The van der Waals surface area contributed by atoms with Crippen molar-refractivity contribution in [1.29, 1.82) is 5.26 Å². The van der Waals surface area contributed by atoms with Gasteiger partial charge in [-0.25, -0.2) is 12.8 Å². The van der Waals surface area contributed by atoms with Gasteiger partial charge in [-0.15, -0.1) is 0 Å². The average molecular weight is 345 g/mol. The summed E-state index contributed by atoms with van der Waals surface area (Å²) in [6, 6.07) is 15.9. The maximum Gasteiger partial charge on any atom is 0.183 e. The van der Waals surface area contributed by atoms with Gasteiger partial charge in [-0.3, -0.25) is 0 Å². The quantitative estimate of drug-likeness (QED) is 0.836. The molecule has 1 fully saturated rings. The lowest BCUT2D eigenvalue weighted by molar-refractivity contribution is 0.162. The number of hydrogen-bond donors (Lipinski definition) is 0. The maximum absolute atomic E-state index is 13.6. The summed E-state index contributed by atoms with van der Waals surface area (Å²) in [5.74, 6) is -1.08. The number of sulfone groups is 1. The van der Waals surface area contributed by atoms with Crippen LogP contribution in [0.2, 0.25) is 0 Å². The molecule has 2 aromatic rings. The summed E-state index contributed by atoms with van der Waals surface area (Å²) >= 11 is 0. The van der Waals surface area contributed by atoms with Gasteiger partial charge in [-0.1, -0.05) is 30.3 Å². The highest BCUT2D eigenvalue weighted by molar-refractivity contribution is 7.92. The highest BCUT2D eigenvalue weighted by Gasteiger charge is 2.72. The van der Waals surface area contributed by atoms with Gasteiger partial charge in [-0.2, -0.15) is 5.26 Å². The molecule has 2 aromatic carbocycles. The molecule has 24 heavy (non-hydrogen) atoms. The fourth-order valence-electron chi connectivity index (χ4n) is 3.37. The Morgan fingerprint density at radius 1 is 1.21 bits per heavy atom. The highest BCUT2D eigenvalue weighted by Crippen LogP contribution is 2.63. The van der Waals surface area contributed by atoms with Crippen molar-refractivity contribution in [1.82, 2.24) is 0 Å². The zero-order valence-corrected chi connectivity index (χ0v) is 13.8. The third-order valence-corrected chi connectivity index (χ3v) is 6.75. The van der Waals surface area contributed by atoms with E-state index in [4.69, 9.17) is 4.74 Å². The van der Waals surface area contributed by atoms with Crippen molar-refractivity contribution < 1.29 is 17.5 Å². The first-order valence-corrected chi connectivity index (χ1v) is 8.96. The molecule has 0 saturated heterocycles. The van der Waals surface area contributed by atoms with E-state index in [0.29, 0.717) is 5.56 Å². The molecule has 1 saturated carbocycles. The van der Waals surface area contributed by atoms with Crippen molar-refractivity contribution in [3.05, 3.63) is 66.0 Å². The lowest BCUT2D eigenvalue weighted by Gasteiger charge is -2.08. The Morgan fingerprint density at radius 3 is 2.50 bits per heavy atom. The smallest absolute Gasteiger partial charge is 0.183 e. The fourth-order valence-corrected chi connectivity index (χ4v) is 5.70. The van der Waals surface area contributed by atoms with Gasteiger partial charge in [0.05, 0.1) is 22.8 Å². The van der Waals surface area contributed by atoms with Gasteiger partial charge >= 0.3 is 0 Å². The van der Waals surface area contributed by atoms with Crippen LogP contribution in [0.25, 0.3) is 0 Å². The number of rotatable bonds is 5. The summed E-state index contributed by atoms with van der Waals surface area (Å²) in [6.45, 7) is -0.0264. The van der Waals surface area contributed by atoms with Crippen LogP contribution < -0.4 is 0 Å². The van der Waals surface area contributed by atoms with E-state index < -0.39 is 32.2 Å². The van der Waals surface area contributed by atoms with Crippen LogP contribution in [0.3, 0.4) is 0 Å². The van der Waals surface area contributed by atoms with Crippen LogP contribution >= 0.6 is 0 Å². The van der Waals surface area contributed by atoms with Crippen molar-refractivity contribution in [2.75, 3.05) is 13.7 Å². The minimum Gasteiger partial charge on any atom is -0.383 e. The Hall–Kier alpha value is -2.23. The minimum atomic E-state index is -3.74. The summed E-state index contributed by atoms with van der Waals surface area (Å²) < 4.78 is 44.7. The molecule has 0 bridgehead atoms. The Morgan fingerprint density at radius 2 is 1.92 bits per heavy atom. The van der Waals surface area contributed by atoms with Crippen LogP contribution in [0, 0.1) is 22.6 Å². The number of methoxy groups -OCH3 is 1. The van der Waals surface area contributed by atoms with Crippen molar-refractivity contribution in [2.24, 2.45) is 5.41 Å². The third kappa shape index (κ3) is 2.50. The molecule has 4 nitrogen and oxygen atoms in total. The van der Waals surface area contributed by atoms with Gasteiger partial charge in [0.2, 0.25) is 0 Å². The fraction of sp³-hybridized carbons (Fsp3) is 0.278. The number of ether oxygens (including phenoxy) is 1. The van der Waals surface area contributed by atoms with E-state index >= 15 is 0 Å². The van der Waals surface area contributed by atoms with Crippen LogP contribution in [-0.4, -0.2) is 27.4 Å². The van der Waals surface area contributed by atoms with Crippen molar-refractivity contribution in [3.63, 3.8) is 0 Å². The van der Waals surface area contributed by atoms with Gasteiger partial charge in [0.1, 0.15) is 11.2 Å². The molecule has 0 radical (unpaired) electrons. The Labute approximate surface area is 140 Å². The van der Waals surface area contributed by atoms with Crippen LogP contribution in [0.5, 0.6) is 0 Å². The average Bonchev–Trinajstić information content (AvgIpc) is 3.26. The first-order valence-electron chi connectivity index (χ1n) is 7.42. The van der Waals surface area contributed by atoms with Gasteiger partial charge in [-0.05, 0) is 29.8 Å². The van der Waals surface area contributed by atoms with Gasteiger partial charge in [0.25, 0.3) is 0 Å². The predicted molar refractivity (Wildman–Crippen MR) is 86.5 cm³/mol. The molecular formula is C18H16FNO3S. The summed E-state index contributed by atoms with van der Waals surface area (Å²) in [5, 5.41) is 8.72. The Kier molecular flexibility index (Phi) is 4.16. The maximum atomic E-state index is 13.6. The normalized spacial score (nSPS) is 25.9. The molecule has 1 aliphatic rings. The van der Waals surface area contributed by atoms with Crippen LogP contribution in [0.1, 0.15) is 11.5 Å². The van der Waals surface area contributed by atoms with E-state index in [9.17, 15) is 18.1 Å². The molecule has 0 amide bonds. The zero-order valence-electron chi connectivity index (χ0n) is 13.0. The van der Waals surface area contributed by atoms with Crippen LogP contribution in [0.4, 0.5) is 4.39 Å². The summed E-state index contributed by atoms with van der Waals surface area (Å²) in [5.41, 5.74) is -0.713. The van der Waals surface area contributed by atoms with Crippen molar-refractivity contribution in [2.45, 2.75) is 16.1 Å². The Bertz CT molecular complexity index is 892. The molecular weight excluding hydrogens is 329 g/mol. The molecule has 3 rings (SSSR count). The van der Waals surface area contributed by atoms with Gasteiger partial charge in [0, 0.05) is 13.0 Å². The largest absolute Gasteiger partial charge is 0.383 e. The lowest BCUT2D eigenvalue weighted by Crippen LogP contribution is -2.19. The third-order valence-electron chi connectivity index (χ3n) is 4.46. The van der Waals surface area contributed by atoms with Crippen molar-refractivity contribution in [3.8, 4) is 6.07 Å². The van der Waals surface area contributed by atoms with E-state index in [0.717, 1.165) is 0 Å². The molecule has 0 N–H and O–H groups in total. The summed E-state index contributed by atoms with van der Waals surface area (Å²) in [7, 11) is -2.32. The monoisotopic (exact) mass is 345 g/mol. The molecule has 1 aliphatic carbocycles. The molecule has 6 heteroatoms. The number of nitrogens with zero attached hydrogens (tertiary/aromatic N) is 1. The molecule has 0 spiro atoms. The number of nitriles is 1. The SMILES string of the molecule is COC[C@]1(C#N)[C@H](c2cccc(F)c2)[C@H]1S(=O)(=O)c1ccccc1. The summed E-state index contributed by atoms with van der Waals surface area (Å²) in [4.78, 5) is 0.157. The van der Waals surface area contributed by atoms with Gasteiger partial charge < -0.3 is 4.74 Å². The molecule has 0 aliphatic heterocycles. The number of halogens is 1. The Balaban J connectivity index is 2.10. The summed E-state index contributed by atoms with van der Waals surface area (Å²) in [6.07, 6.45) is 0. The topological polar surface area (TPSA) is 67.2 Å². The second-order valence-corrected chi connectivity index (χ2v) is 7.97. The predicted octanol–water partition coefficient (Wildman–Crippen LogP) is 2.92. The second-order valence-electron chi connectivity index (χ2n) is 5.90. The minimum absolute atomic E-state index is 0.0264. The lowest BCUT2D eigenvalue weighted by atomic mass is 10.0. The number of benzene rings is 2. The van der Waals surface area contributed by atoms with E-state index in [2.05, 4.69) is 6.07 Å². The van der Waals surface area contributed by atoms with E-state index in [-0.39, 0.29) is 11.5 Å². The van der Waals surface area contributed by atoms with Gasteiger partial charge in [0.15, 0.2) is 9.84 Å². The second kappa shape index (κ2) is 6.00. The van der Waals surface area contributed by atoms with Crippen LogP contribution in [0.15, 0.2) is 59.5 Å². The van der Waals surface area contributed by atoms with Crippen molar-refractivity contribution >= 4 is 9.84 Å². The first-order chi connectivity index (χ1) is 11.5. The zero-order chi connectivity index (χ0) is 17.4. The number of hydrogen-bond acceptors (Lipinski definition) is 4. The molecule has 0 heterocycles. The van der Waals surface area contributed by atoms with E-state index in [1.54, 1.807) is 24.3 Å². The highest BCUT2D eigenvalue weighted by atomic mass is 32.2. The first kappa shape index (κ1) is 16.6. The van der Waals surface area contributed by atoms with Crippen LogP contribution in [-0.2, 0) is 14.6 Å². The molecule has 124 valence electrons. The van der Waals surface area contributed by atoms with E-state index in [1.807, 2.05) is 0 Å². The molecule has 0 aromatic heterocycles. The molecule has 0 unspecified atom stereocenters. The molecule has 3 atom stereocenters. The standard InChI is InChI=1S/C18H16FNO3S/c1-23-12-18(11-20)16(13-6-5-7-14(19)10-13)17(18)24(21,22)15-8-3-2-4-9-15/h2-10,16-17H,12H2,1H3/t16-,17-,18-/m1/s1.